The van der Waals surface area contributed by atoms with Crippen molar-refractivity contribution in [2.24, 2.45) is 0 Å². The lowest BCUT2D eigenvalue weighted by atomic mass is 10.2. The summed E-state index contributed by atoms with van der Waals surface area (Å²) < 4.78 is 13.2. The fourth-order valence-electron chi connectivity index (χ4n) is 1.98. The Bertz CT molecular complexity index is 817. The van der Waals surface area contributed by atoms with Gasteiger partial charge in [0.15, 0.2) is 5.13 Å². The Morgan fingerprint density at radius 2 is 2.09 bits per heavy atom. The molecule has 0 aliphatic rings. The first kappa shape index (κ1) is 14.3. The number of hydrogen-bond donors (Lipinski definition) is 1. The third-order valence-corrected chi connectivity index (χ3v) is 4.10. The molecule has 1 aromatic carbocycles. The van der Waals surface area contributed by atoms with Gasteiger partial charge in [-0.25, -0.2) is 9.37 Å². The van der Waals surface area contributed by atoms with E-state index in [4.69, 9.17) is 0 Å². The molecule has 0 unspecified atom stereocenters. The van der Waals surface area contributed by atoms with Gasteiger partial charge in [-0.05, 0) is 37.3 Å². The SMILES string of the molecule is Cc1nc(NC(=O)c2cccc(F)c2)sc1-c1ccccn1. The van der Waals surface area contributed by atoms with E-state index in [1.807, 2.05) is 25.1 Å². The van der Waals surface area contributed by atoms with E-state index in [9.17, 15) is 9.18 Å². The molecule has 0 aliphatic carbocycles. The summed E-state index contributed by atoms with van der Waals surface area (Å²) in [5.74, 6) is -0.835. The van der Waals surface area contributed by atoms with E-state index >= 15 is 0 Å². The second-order valence-electron chi connectivity index (χ2n) is 4.61. The molecule has 0 saturated heterocycles. The van der Waals surface area contributed by atoms with E-state index < -0.39 is 5.82 Å². The molecule has 6 heteroatoms. The number of halogens is 1. The average molecular weight is 313 g/mol. The Balaban J connectivity index is 1.84. The maximum atomic E-state index is 13.2. The van der Waals surface area contributed by atoms with Gasteiger partial charge in [0.1, 0.15) is 5.82 Å². The van der Waals surface area contributed by atoms with Crippen molar-refractivity contribution in [2.75, 3.05) is 5.32 Å². The van der Waals surface area contributed by atoms with E-state index in [1.54, 1.807) is 12.3 Å². The van der Waals surface area contributed by atoms with E-state index in [0.717, 1.165) is 16.3 Å². The van der Waals surface area contributed by atoms with Crippen LogP contribution in [0.25, 0.3) is 10.6 Å². The number of carbonyl (C=O) groups excluding carboxylic acids is 1. The maximum Gasteiger partial charge on any atom is 0.257 e. The smallest absolute Gasteiger partial charge is 0.257 e. The molecule has 0 spiro atoms. The molecule has 0 saturated carbocycles. The first-order valence-corrected chi connectivity index (χ1v) is 7.41. The van der Waals surface area contributed by atoms with Crippen molar-refractivity contribution in [3.63, 3.8) is 0 Å². The standard InChI is InChI=1S/C16H12FN3OS/c1-10-14(13-7-2-3-8-18-13)22-16(19-10)20-15(21)11-5-4-6-12(17)9-11/h2-9H,1H3,(H,19,20,21). The van der Waals surface area contributed by atoms with E-state index in [0.29, 0.717) is 5.13 Å². The van der Waals surface area contributed by atoms with Gasteiger partial charge in [0.25, 0.3) is 5.91 Å². The Kier molecular flexibility index (Phi) is 3.93. The van der Waals surface area contributed by atoms with Gasteiger partial charge in [0, 0.05) is 11.8 Å². The highest BCUT2D eigenvalue weighted by atomic mass is 32.1. The lowest BCUT2D eigenvalue weighted by Crippen LogP contribution is -2.11. The van der Waals surface area contributed by atoms with Crippen molar-refractivity contribution in [2.45, 2.75) is 6.92 Å². The van der Waals surface area contributed by atoms with Crippen LogP contribution < -0.4 is 5.32 Å². The quantitative estimate of drug-likeness (QED) is 0.797. The number of benzene rings is 1. The molecule has 2 heterocycles. The minimum atomic E-state index is -0.447. The lowest BCUT2D eigenvalue weighted by molar-refractivity contribution is 0.102. The summed E-state index contributed by atoms with van der Waals surface area (Å²) in [6.07, 6.45) is 1.71. The number of carbonyl (C=O) groups is 1. The molecular weight excluding hydrogens is 301 g/mol. The summed E-state index contributed by atoms with van der Waals surface area (Å²) >= 11 is 1.34. The number of aryl methyl sites for hydroxylation is 1. The van der Waals surface area contributed by atoms with Crippen molar-refractivity contribution in [1.29, 1.82) is 0 Å². The van der Waals surface area contributed by atoms with E-state index in [2.05, 4.69) is 15.3 Å². The topological polar surface area (TPSA) is 54.9 Å². The molecule has 2 aromatic heterocycles. The van der Waals surface area contributed by atoms with Crippen molar-refractivity contribution < 1.29 is 9.18 Å². The van der Waals surface area contributed by atoms with Crippen LogP contribution in [0.5, 0.6) is 0 Å². The summed E-state index contributed by atoms with van der Waals surface area (Å²) in [7, 11) is 0. The molecular formula is C16H12FN3OS. The Labute approximate surface area is 130 Å². The van der Waals surface area contributed by atoms with Gasteiger partial charge >= 0.3 is 0 Å². The number of aromatic nitrogens is 2. The zero-order valence-corrected chi connectivity index (χ0v) is 12.5. The van der Waals surface area contributed by atoms with Crippen LogP contribution in [0.4, 0.5) is 9.52 Å². The first-order chi connectivity index (χ1) is 10.6. The molecule has 0 bridgehead atoms. The van der Waals surface area contributed by atoms with Crippen molar-refractivity contribution in [3.05, 3.63) is 65.7 Å². The molecule has 1 N–H and O–H groups in total. The number of pyridine rings is 1. The molecule has 3 aromatic rings. The first-order valence-electron chi connectivity index (χ1n) is 6.59. The van der Waals surface area contributed by atoms with Gasteiger partial charge in [-0.2, -0.15) is 0 Å². The van der Waals surface area contributed by atoms with Crippen LogP contribution in [0.15, 0.2) is 48.7 Å². The molecule has 0 aliphatic heterocycles. The number of anilines is 1. The third kappa shape index (κ3) is 3.01. The highest BCUT2D eigenvalue weighted by Crippen LogP contribution is 2.31. The predicted octanol–water partition coefficient (Wildman–Crippen LogP) is 3.90. The van der Waals surface area contributed by atoms with Gasteiger partial charge in [-0.3, -0.25) is 15.1 Å². The predicted molar refractivity (Wildman–Crippen MR) is 84.4 cm³/mol. The van der Waals surface area contributed by atoms with Crippen molar-refractivity contribution >= 4 is 22.4 Å². The van der Waals surface area contributed by atoms with E-state index in [1.165, 1.54) is 29.5 Å². The number of nitrogens with zero attached hydrogens (tertiary/aromatic N) is 2. The van der Waals surface area contributed by atoms with Gasteiger partial charge in [0.2, 0.25) is 0 Å². The molecule has 0 atom stereocenters. The minimum absolute atomic E-state index is 0.257. The summed E-state index contributed by atoms with van der Waals surface area (Å²) in [6.45, 7) is 1.86. The van der Waals surface area contributed by atoms with Crippen LogP contribution in [0, 0.1) is 12.7 Å². The number of hydrogen-bond acceptors (Lipinski definition) is 4. The van der Waals surface area contributed by atoms with Crippen LogP contribution in [0.1, 0.15) is 16.1 Å². The van der Waals surface area contributed by atoms with Crippen LogP contribution in [0.3, 0.4) is 0 Å². The molecule has 22 heavy (non-hydrogen) atoms. The Hall–Kier alpha value is -2.60. The zero-order valence-electron chi connectivity index (χ0n) is 11.7. The van der Waals surface area contributed by atoms with Crippen LogP contribution >= 0.6 is 11.3 Å². The molecule has 3 rings (SSSR count). The van der Waals surface area contributed by atoms with Gasteiger partial charge in [0.05, 0.1) is 16.3 Å². The highest BCUT2D eigenvalue weighted by molar-refractivity contribution is 7.19. The zero-order chi connectivity index (χ0) is 15.5. The molecule has 4 nitrogen and oxygen atoms in total. The normalized spacial score (nSPS) is 10.5. The number of amides is 1. The Morgan fingerprint density at radius 3 is 2.82 bits per heavy atom. The van der Waals surface area contributed by atoms with Gasteiger partial charge < -0.3 is 0 Å². The fourth-order valence-corrected chi connectivity index (χ4v) is 2.92. The average Bonchev–Trinajstić information content (AvgIpc) is 2.88. The second-order valence-corrected chi connectivity index (χ2v) is 5.61. The van der Waals surface area contributed by atoms with E-state index in [-0.39, 0.29) is 11.5 Å². The van der Waals surface area contributed by atoms with Gasteiger partial charge in [-0.1, -0.05) is 23.5 Å². The molecule has 0 radical (unpaired) electrons. The molecule has 0 fully saturated rings. The fraction of sp³-hybridized carbons (Fsp3) is 0.0625. The molecule has 1 amide bonds. The van der Waals surface area contributed by atoms with Crippen LogP contribution in [0.2, 0.25) is 0 Å². The minimum Gasteiger partial charge on any atom is -0.298 e. The summed E-state index contributed by atoms with van der Waals surface area (Å²) in [4.78, 5) is 21.6. The maximum absolute atomic E-state index is 13.2. The van der Waals surface area contributed by atoms with Crippen molar-refractivity contribution in [3.8, 4) is 10.6 Å². The molecule has 110 valence electrons. The van der Waals surface area contributed by atoms with Crippen LogP contribution in [-0.4, -0.2) is 15.9 Å². The number of thiazole rings is 1. The number of rotatable bonds is 3. The monoisotopic (exact) mass is 313 g/mol. The van der Waals surface area contributed by atoms with Crippen molar-refractivity contribution in [1.82, 2.24) is 9.97 Å². The Morgan fingerprint density at radius 1 is 1.23 bits per heavy atom. The number of nitrogens with one attached hydrogen (secondary N) is 1. The lowest BCUT2D eigenvalue weighted by Gasteiger charge is -2.01. The summed E-state index contributed by atoms with van der Waals surface area (Å²) in [5, 5.41) is 3.16. The summed E-state index contributed by atoms with van der Waals surface area (Å²) in [5.41, 5.74) is 1.86. The third-order valence-electron chi connectivity index (χ3n) is 3.00. The summed E-state index contributed by atoms with van der Waals surface area (Å²) in [6, 6.07) is 11.2. The highest BCUT2D eigenvalue weighted by Gasteiger charge is 2.14. The largest absolute Gasteiger partial charge is 0.298 e. The van der Waals surface area contributed by atoms with Gasteiger partial charge in [-0.15, -0.1) is 0 Å². The van der Waals surface area contributed by atoms with Crippen LogP contribution in [-0.2, 0) is 0 Å². The second kappa shape index (κ2) is 6.03.